The van der Waals surface area contributed by atoms with Crippen molar-refractivity contribution in [1.29, 1.82) is 5.26 Å². The van der Waals surface area contributed by atoms with Gasteiger partial charge < -0.3 is 4.98 Å². The summed E-state index contributed by atoms with van der Waals surface area (Å²) in [7, 11) is 0. The van der Waals surface area contributed by atoms with Crippen LogP contribution in [0, 0.1) is 11.3 Å². The van der Waals surface area contributed by atoms with E-state index in [1.165, 1.54) is 11.1 Å². The van der Waals surface area contributed by atoms with E-state index in [9.17, 15) is 18.0 Å². The van der Waals surface area contributed by atoms with Gasteiger partial charge in [-0.2, -0.15) is 28.6 Å². The quantitative estimate of drug-likeness (QED) is 0.623. The number of halogens is 3. The molecular weight excluding hydrogens is 299 g/mol. The first-order chi connectivity index (χ1) is 9.41. The van der Waals surface area contributed by atoms with Crippen molar-refractivity contribution in [3.8, 4) is 6.07 Å². The molecule has 0 aliphatic carbocycles. The third-order valence-corrected chi connectivity index (χ3v) is 2.99. The minimum atomic E-state index is -4.85. The molecule has 0 spiro atoms. The van der Waals surface area contributed by atoms with Gasteiger partial charge in [-0.25, -0.2) is 4.79 Å². The van der Waals surface area contributed by atoms with Crippen molar-refractivity contribution in [2.24, 2.45) is 0 Å². The number of aromatic nitrogens is 6. The van der Waals surface area contributed by atoms with E-state index in [0.717, 1.165) is 11.8 Å². The lowest BCUT2D eigenvalue weighted by atomic mass is 10.2. The number of aromatic amines is 2. The van der Waals surface area contributed by atoms with Gasteiger partial charge in [0, 0.05) is 0 Å². The van der Waals surface area contributed by atoms with Crippen LogP contribution in [0.1, 0.15) is 17.1 Å². The number of hydrogen-bond acceptors (Lipinski definition) is 7. The van der Waals surface area contributed by atoms with Crippen LogP contribution in [-0.4, -0.2) is 30.6 Å². The molecule has 0 fully saturated rings. The highest BCUT2D eigenvalue weighted by Crippen LogP contribution is 2.33. The van der Waals surface area contributed by atoms with E-state index in [2.05, 4.69) is 25.6 Å². The van der Waals surface area contributed by atoms with Crippen LogP contribution in [-0.2, 0) is 11.9 Å². The maximum absolute atomic E-state index is 12.7. The van der Waals surface area contributed by atoms with Gasteiger partial charge in [0.25, 0.3) is 0 Å². The largest absolute Gasteiger partial charge is 0.432 e. The standard InChI is InChI=1S/C8H4F3N7OS/c9-8(10,11)5-3(1-12)6(14-7(19)13-5)20-2-4-15-17-18-16-4/h2H2,(H,13,14,19)(H,15,16,17,18). The molecule has 0 aromatic carbocycles. The first kappa shape index (κ1) is 14.0. The third kappa shape index (κ3) is 2.94. The highest BCUT2D eigenvalue weighted by atomic mass is 32.2. The Labute approximate surface area is 112 Å². The van der Waals surface area contributed by atoms with Crippen molar-refractivity contribution >= 4 is 11.8 Å². The summed E-state index contributed by atoms with van der Waals surface area (Å²) in [5.41, 5.74) is -3.35. The lowest BCUT2D eigenvalue weighted by Gasteiger charge is -2.09. The predicted molar refractivity (Wildman–Crippen MR) is 58.3 cm³/mol. The zero-order valence-corrected chi connectivity index (χ0v) is 10.2. The maximum atomic E-state index is 12.7. The van der Waals surface area contributed by atoms with Gasteiger partial charge >= 0.3 is 11.9 Å². The van der Waals surface area contributed by atoms with Gasteiger partial charge in [0.2, 0.25) is 0 Å². The fraction of sp³-hybridized carbons (Fsp3) is 0.250. The van der Waals surface area contributed by atoms with E-state index in [1.54, 1.807) is 0 Å². The number of nitrogens with one attached hydrogen (secondary N) is 2. The minimum Gasteiger partial charge on any atom is -0.300 e. The van der Waals surface area contributed by atoms with Crippen LogP contribution >= 0.6 is 11.8 Å². The molecule has 0 amide bonds. The van der Waals surface area contributed by atoms with Crippen LogP contribution in [0.4, 0.5) is 13.2 Å². The Bertz CT molecular complexity index is 702. The molecule has 0 atom stereocenters. The van der Waals surface area contributed by atoms with E-state index >= 15 is 0 Å². The monoisotopic (exact) mass is 303 g/mol. The molecule has 0 unspecified atom stereocenters. The molecule has 2 heterocycles. The van der Waals surface area contributed by atoms with E-state index in [0.29, 0.717) is 0 Å². The van der Waals surface area contributed by atoms with Gasteiger partial charge in [-0.1, -0.05) is 17.0 Å². The summed E-state index contributed by atoms with van der Waals surface area (Å²) < 4.78 is 38.1. The van der Waals surface area contributed by atoms with E-state index < -0.39 is 23.1 Å². The SMILES string of the molecule is N#Cc1c(SCc2nn[nH]n2)nc(=O)[nH]c1C(F)(F)F. The molecule has 20 heavy (non-hydrogen) atoms. The van der Waals surface area contributed by atoms with Gasteiger partial charge in [0.15, 0.2) is 5.82 Å². The smallest absolute Gasteiger partial charge is 0.300 e. The summed E-state index contributed by atoms with van der Waals surface area (Å²) in [5.74, 6) is 0.216. The zero-order valence-electron chi connectivity index (χ0n) is 9.39. The summed E-state index contributed by atoms with van der Waals surface area (Å²) in [6.07, 6.45) is -4.85. The zero-order chi connectivity index (χ0) is 14.8. The van der Waals surface area contributed by atoms with Gasteiger partial charge in [0.1, 0.15) is 22.4 Å². The minimum absolute atomic E-state index is 0.0128. The van der Waals surface area contributed by atoms with Crippen molar-refractivity contribution in [2.75, 3.05) is 0 Å². The number of tetrazole rings is 1. The molecular formula is C8H4F3N7OS. The first-order valence-electron chi connectivity index (χ1n) is 4.88. The number of thioether (sulfide) groups is 1. The molecule has 12 heteroatoms. The predicted octanol–water partition coefficient (Wildman–Crippen LogP) is 0.466. The summed E-state index contributed by atoms with van der Waals surface area (Å²) in [4.78, 5) is 16.0. The summed E-state index contributed by atoms with van der Waals surface area (Å²) >= 11 is 0.735. The molecule has 0 saturated carbocycles. The molecule has 0 bridgehead atoms. The average Bonchev–Trinajstić information content (AvgIpc) is 2.87. The van der Waals surface area contributed by atoms with Crippen molar-refractivity contribution in [3.05, 3.63) is 27.6 Å². The number of H-pyrrole nitrogens is 2. The van der Waals surface area contributed by atoms with Gasteiger partial charge in [-0.3, -0.25) is 0 Å². The number of hydrogen-bond donors (Lipinski definition) is 2. The summed E-state index contributed by atoms with van der Waals surface area (Å²) in [6.45, 7) is 0. The van der Waals surface area contributed by atoms with E-state index in [1.807, 2.05) is 0 Å². The number of rotatable bonds is 3. The highest BCUT2D eigenvalue weighted by molar-refractivity contribution is 7.98. The number of alkyl halides is 3. The molecule has 2 rings (SSSR count). The van der Waals surface area contributed by atoms with Crippen LogP contribution in [0.2, 0.25) is 0 Å². The highest BCUT2D eigenvalue weighted by Gasteiger charge is 2.37. The Morgan fingerprint density at radius 1 is 1.40 bits per heavy atom. The second-order valence-corrected chi connectivity index (χ2v) is 4.29. The normalized spacial score (nSPS) is 11.3. The maximum Gasteiger partial charge on any atom is 0.432 e. The van der Waals surface area contributed by atoms with Crippen LogP contribution in [0.3, 0.4) is 0 Å². The molecule has 0 saturated heterocycles. The fourth-order valence-corrected chi connectivity index (χ4v) is 2.08. The molecule has 104 valence electrons. The second-order valence-electron chi connectivity index (χ2n) is 3.32. The molecule has 2 aromatic heterocycles. The molecule has 0 aliphatic heterocycles. The lowest BCUT2D eigenvalue weighted by Crippen LogP contribution is -2.22. The molecule has 0 aliphatic rings. The fourth-order valence-electron chi connectivity index (χ4n) is 1.25. The second kappa shape index (κ2) is 5.29. The molecule has 0 radical (unpaired) electrons. The Morgan fingerprint density at radius 3 is 2.70 bits per heavy atom. The van der Waals surface area contributed by atoms with E-state index in [-0.39, 0.29) is 16.6 Å². The van der Waals surface area contributed by atoms with Crippen molar-refractivity contribution in [1.82, 2.24) is 30.6 Å². The Kier molecular flexibility index (Phi) is 3.70. The van der Waals surface area contributed by atoms with Crippen molar-refractivity contribution in [2.45, 2.75) is 17.0 Å². The van der Waals surface area contributed by atoms with Crippen LogP contribution in [0.5, 0.6) is 0 Å². The van der Waals surface area contributed by atoms with Crippen LogP contribution < -0.4 is 5.69 Å². The first-order valence-corrected chi connectivity index (χ1v) is 5.87. The third-order valence-electron chi connectivity index (χ3n) is 2.02. The van der Waals surface area contributed by atoms with Gasteiger partial charge in [-0.15, -0.1) is 10.2 Å². The number of nitriles is 1. The molecule has 8 nitrogen and oxygen atoms in total. The lowest BCUT2D eigenvalue weighted by molar-refractivity contribution is -0.141. The Balaban J connectivity index is 2.40. The molecule has 2 N–H and O–H groups in total. The Morgan fingerprint density at radius 2 is 2.15 bits per heavy atom. The van der Waals surface area contributed by atoms with Crippen LogP contribution in [0.25, 0.3) is 0 Å². The summed E-state index contributed by atoms with van der Waals surface area (Å²) in [6, 6.07) is 1.39. The van der Waals surface area contributed by atoms with E-state index in [4.69, 9.17) is 5.26 Å². The topological polar surface area (TPSA) is 124 Å². The van der Waals surface area contributed by atoms with Gasteiger partial charge in [-0.05, 0) is 0 Å². The van der Waals surface area contributed by atoms with Crippen LogP contribution in [0.15, 0.2) is 9.82 Å². The Hall–Kier alpha value is -2.42. The summed E-state index contributed by atoms with van der Waals surface area (Å²) in [5, 5.41) is 21.1. The van der Waals surface area contributed by atoms with Crippen molar-refractivity contribution in [3.63, 3.8) is 0 Å². The van der Waals surface area contributed by atoms with Crippen molar-refractivity contribution < 1.29 is 13.2 Å². The number of nitrogens with zero attached hydrogens (tertiary/aromatic N) is 5. The molecule has 2 aromatic rings. The van der Waals surface area contributed by atoms with Gasteiger partial charge in [0.05, 0.1) is 5.75 Å². The average molecular weight is 303 g/mol.